The van der Waals surface area contributed by atoms with Gasteiger partial charge in [0.2, 0.25) is 0 Å². The molecule has 18 heavy (non-hydrogen) atoms. The molecule has 1 nitrogen and oxygen atoms in total. The maximum atomic E-state index is 6.05. The Morgan fingerprint density at radius 3 is 2.22 bits per heavy atom. The van der Waals surface area contributed by atoms with Gasteiger partial charge in [-0.2, -0.15) is 0 Å². The van der Waals surface area contributed by atoms with Crippen LogP contribution in [-0.4, -0.2) is 6.54 Å². The molecule has 0 heterocycles. The van der Waals surface area contributed by atoms with E-state index in [0.29, 0.717) is 6.54 Å². The molecule has 2 aromatic rings. The van der Waals surface area contributed by atoms with Crippen LogP contribution in [-0.2, 0) is 0 Å². The SMILES string of the molecule is NCCC(c1ccc(Cl)cc1)c1cccc(Cl)c1. The minimum Gasteiger partial charge on any atom is -0.330 e. The highest BCUT2D eigenvalue weighted by Gasteiger charge is 2.13. The molecule has 1 atom stereocenters. The van der Waals surface area contributed by atoms with Crippen LogP contribution in [0.1, 0.15) is 23.5 Å². The first-order chi connectivity index (χ1) is 8.70. The third-order valence-corrected chi connectivity index (χ3v) is 3.47. The molecule has 0 aliphatic heterocycles. The van der Waals surface area contributed by atoms with Crippen molar-refractivity contribution in [1.82, 2.24) is 0 Å². The molecule has 0 radical (unpaired) electrons. The first-order valence-electron chi connectivity index (χ1n) is 5.91. The van der Waals surface area contributed by atoms with Crippen LogP contribution in [0.3, 0.4) is 0 Å². The van der Waals surface area contributed by atoms with E-state index in [-0.39, 0.29) is 5.92 Å². The molecule has 0 bridgehead atoms. The van der Waals surface area contributed by atoms with Crippen LogP contribution in [0.4, 0.5) is 0 Å². The van der Waals surface area contributed by atoms with Gasteiger partial charge in [-0.15, -0.1) is 0 Å². The third-order valence-electron chi connectivity index (χ3n) is 2.98. The lowest BCUT2D eigenvalue weighted by atomic mass is 9.89. The second kappa shape index (κ2) is 6.24. The summed E-state index contributed by atoms with van der Waals surface area (Å²) in [6.45, 7) is 0.639. The van der Waals surface area contributed by atoms with Crippen molar-refractivity contribution in [2.45, 2.75) is 12.3 Å². The molecule has 2 rings (SSSR count). The summed E-state index contributed by atoms with van der Waals surface area (Å²) >= 11 is 12.0. The predicted octanol–water partition coefficient (Wildman–Crippen LogP) is 4.47. The van der Waals surface area contributed by atoms with Crippen molar-refractivity contribution in [3.05, 3.63) is 69.7 Å². The van der Waals surface area contributed by atoms with Crippen molar-refractivity contribution in [3.63, 3.8) is 0 Å². The van der Waals surface area contributed by atoms with Gasteiger partial charge in [-0.1, -0.05) is 47.5 Å². The van der Waals surface area contributed by atoms with Crippen LogP contribution in [0.5, 0.6) is 0 Å². The summed E-state index contributed by atoms with van der Waals surface area (Å²) in [4.78, 5) is 0. The zero-order valence-electron chi connectivity index (χ0n) is 9.94. The topological polar surface area (TPSA) is 26.0 Å². The zero-order valence-corrected chi connectivity index (χ0v) is 11.5. The normalized spacial score (nSPS) is 12.4. The van der Waals surface area contributed by atoms with Gasteiger partial charge in [0, 0.05) is 16.0 Å². The fourth-order valence-corrected chi connectivity index (χ4v) is 2.44. The van der Waals surface area contributed by atoms with Crippen molar-refractivity contribution >= 4 is 23.2 Å². The Kier molecular flexibility index (Phi) is 4.65. The standard InChI is InChI=1S/C15H15Cl2N/c16-13-6-4-11(5-7-13)15(8-9-18)12-2-1-3-14(17)10-12/h1-7,10,15H,8-9,18H2. The van der Waals surface area contributed by atoms with Gasteiger partial charge in [0.15, 0.2) is 0 Å². The fourth-order valence-electron chi connectivity index (χ4n) is 2.11. The number of benzene rings is 2. The van der Waals surface area contributed by atoms with E-state index >= 15 is 0 Å². The highest BCUT2D eigenvalue weighted by Crippen LogP contribution is 2.29. The second-order valence-electron chi connectivity index (χ2n) is 4.24. The summed E-state index contributed by atoms with van der Waals surface area (Å²) in [5.74, 6) is 0.269. The molecule has 0 saturated heterocycles. The number of hydrogen-bond donors (Lipinski definition) is 1. The first kappa shape index (κ1) is 13.4. The lowest BCUT2D eigenvalue weighted by molar-refractivity contribution is 0.726. The van der Waals surface area contributed by atoms with Crippen LogP contribution >= 0.6 is 23.2 Å². The quantitative estimate of drug-likeness (QED) is 0.878. The molecule has 0 amide bonds. The molecule has 94 valence electrons. The molecule has 0 aromatic heterocycles. The molecule has 0 aliphatic carbocycles. The minimum atomic E-state index is 0.269. The van der Waals surface area contributed by atoms with Gasteiger partial charge < -0.3 is 5.73 Å². The van der Waals surface area contributed by atoms with Gasteiger partial charge in [-0.05, 0) is 48.4 Å². The largest absolute Gasteiger partial charge is 0.330 e. The van der Waals surface area contributed by atoms with E-state index < -0.39 is 0 Å². The van der Waals surface area contributed by atoms with Crippen LogP contribution in [0.25, 0.3) is 0 Å². The van der Waals surface area contributed by atoms with Crippen molar-refractivity contribution in [2.24, 2.45) is 5.73 Å². The van der Waals surface area contributed by atoms with Crippen LogP contribution in [0, 0.1) is 0 Å². The average molecular weight is 280 g/mol. The molecule has 0 saturated carbocycles. The zero-order chi connectivity index (χ0) is 13.0. The Labute approximate surface area is 118 Å². The van der Waals surface area contributed by atoms with E-state index in [1.807, 2.05) is 42.5 Å². The minimum absolute atomic E-state index is 0.269. The van der Waals surface area contributed by atoms with E-state index in [4.69, 9.17) is 28.9 Å². The van der Waals surface area contributed by atoms with Gasteiger partial charge in [-0.25, -0.2) is 0 Å². The Morgan fingerprint density at radius 1 is 0.889 bits per heavy atom. The molecule has 0 fully saturated rings. The molecule has 0 spiro atoms. The van der Waals surface area contributed by atoms with Crippen molar-refractivity contribution in [1.29, 1.82) is 0 Å². The van der Waals surface area contributed by atoms with Crippen LogP contribution in [0.2, 0.25) is 10.0 Å². The lowest BCUT2D eigenvalue weighted by Crippen LogP contribution is -2.08. The lowest BCUT2D eigenvalue weighted by Gasteiger charge is -2.17. The van der Waals surface area contributed by atoms with Crippen LogP contribution < -0.4 is 5.73 Å². The molecule has 0 aliphatic rings. The maximum absolute atomic E-state index is 6.05. The number of hydrogen-bond acceptors (Lipinski definition) is 1. The van der Waals surface area contributed by atoms with E-state index in [0.717, 1.165) is 16.5 Å². The third kappa shape index (κ3) is 3.26. The van der Waals surface area contributed by atoms with Gasteiger partial charge in [0.25, 0.3) is 0 Å². The van der Waals surface area contributed by atoms with Gasteiger partial charge >= 0.3 is 0 Å². The molecular formula is C15H15Cl2N. The smallest absolute Gasteiger partial charge is 0.0408 e. The Bertz CT molecular complexity index is 508. The second-order valence-corrected chi connectivity index (χ2v) is 5.11. The number of rotatable bonds is 4. The molecular weight excluding hydrogens is 265 g/mol. The van der Waals surface area contributed by atoms with Crippen molar-refractivity contribution < 1.29 is 0 Å². The molecule has 2 aromatic carbocycles. The van der Waals surface area contributed by atoms with Gasteiger partial charge in [0.05, 0.1) is 0 Å². The highest BCUT2D eigenvalue weighted by atomic mass is 35.5. The maximum Gasteiger partial charge on any atom is 0.0408 e. The Hall–Kier alpha value is -1.02. The van der Waals surface area contributed by atoms with E-state index in [9.17, 15) is 0 Å². The van der Waals surface area contributed by atoms with Gasteiger partial charge in [-0.3, -0.25) is 0 Å². The van der Waals surface area contributed by atoms with Gasteiger partial charge in [0.1, 0.15) is 0 Å². The molecule has 3 heteroatoms. The summed E-state index contributed by atoms with van der Waals surface area (Å²) in [6, 6.07) is 15.8. The predicted molar refractivity (Wildman–Crippen MR) is 78.4 cm³/mol. The van der Waals surface area contributed by atoms with Crippen LogP contribution in [0.15, 0.2) is 48.5 Å². The highest BCUT2D eigenvalue weighted by molar-refractivity contribution is 6.30. The molecule has 2 N–H and O–H groups in total. The number of halogens is 2. The first-order valence-corrected chi connectivity index (χ1v) is 6.67. The summed E-state index contributed by atoms with van der Waals surface area (Å²) < 4.78 is 0. The summed E-state index contributed by atoms with van der Waals surface area (Å²) in [7, 11) is 0. The summed E-state index contributed by atoms with van der Waals surface area (Å²) in [6.07, 6.45) is 0.891. The fraction of sp³-hybridized carbons (Fsp3) is 0.200. The van der Waals surface area contributed by atoms with Crippen molar-refractivity contribution in [3.8, 4) is 0 Å². The Morgan fingerprint density at radius 2 is 1.61 bits per heavy atom. The monoisotopic (exact) mass is 279 g/mol. The van der Waals surface area contributed by atoms with Crippen molar-refractivity contribution in [2.75, 3.05) is 6.54 Å². The summed E-state index contributed by atoms with van der Waals surface area (Å²) in [5, 5.41) is 1.50. The number of nitrogens with two attached hydrogens (primary N) is 1. The van der Waals surface area contributed by atoms with E-state index in [2.05, 4.69) is 6.07 Å². The summed E-state index contributed by atoms with van der Waals surface area (Å²) in [5.41, 5.74) is 8.12. The van der Waals surface area contributed by atoms with E-state index in [1.165, 1.54) is 11.1 Å². The average Bonchev–Trinajstić information content (AvgIpc) is 2.37. The van der Waals surface area contributed by atoms with E-state index in [1.54, 1.807) is 0 Å². The Balaban J connectivity index is 2.36. The molecule has 1 unspecified atom stereocenters.